The first kappa shape index (κ1) is 55.0. The molecule has 3 aliphatic rings. The topological polar surface area (TPSA) is 17.8 Å². The van der Waals surface area contributed by atoms with Crippen molar-refractivity contribution in [1.29, 1.82) is 0 Å². The molecule has 0 amide bonds. The van der Waals surface area contributed by atoms with Crippen molar-refractivity contribution in [2.75, 3.05) is 0 Å². The Labute approximate surface area is 564 Å². The molecule has 0 fully saturated rings. The first-order valence-corrected chi connectivity index (χ1v) is 33.7. The summed E-state index contributed by atoms with van der Waals surface area (Å²) in [5, 5.41) is 4.75. The van der Waals surface area contributed by atoms with Gasteiger partial charge in [-0.25, -0.2) is 4.98 Å². The van der Waals surface area contributed by atoms with Gasteiger partial charge < -0.3 is 0 Å². The van der Waals surface area contributed by atoms with Gasteiger partial charge in [0.25, 0.3) is 0 Å². The van der Waals surface area contributed by atoms with Crippen LogP contribution in [0.3, 0.4) is 0 Å². The highest BCUT2D eigenvalue weighted by atomic mass is 15.1. The predicted molar refractivity (Wildman–Crippen MR) is 402 cm³/mol. The Bertz CT molecular complexity index is 5960. The van der Waals surface area contributed by atoms with Crippen LogP contribution in [0.25, 0.3) is 139 Å². The molecule has 450 valence electrons. The molecule has 20 rings (SSSR count). The predicted octanol–water partition coefficient (Wildman–Crippen LogP) is 24.0. The third kappa shape index (κ3) is 7.99. The van der Waals surface area contributed by atoms with Crippen molar-refractivity contribution in [3.63, 3.8) is 0 Å². The average Bonchev–Trinajstić information content (AvgIpc) is 1.55. The molecule has 0 aliphatic heterocycles. The summed E-state index contributed by atoms with van der Waals surface area (Å²) >= 11 is 0. The zero-order valence-corrected chi connectivity index (χ0v) is 53.0. The Morgan fingerprint density at radius 2 is 0.588 bits per heavy atom. The highest BCUT2D eigenvalue weighted by Gasteiger charge is 2.59. The third-order valence-corrected chi connectivity index (χ3v) is 21.5. The Morgan fingerprint density at radius 3 is 1.20 bits per heavy atom. The van der Waals surface area contributed by atoms with E-state index >= 15 is 0 Å². The maximum absolute atomic E-state index is 5.25. The van der Waals surface area contributed by atoms with Crippen LogP contribution < -0.4 is 0 Å². The summed E-state index contributed by atoms with van der Waals surface area (Å²) in [5.74, 6) is 0.911. The number of hydrogen-bond donors (Lipinski definition) is 0. The molecule has 0 saturated heterocycles. The molecule has 3 aliphatic carbocycles. The first-order chi connectivity index (χ1) is 48.1. The van der Waals surface area contributed by atoms with Gasteiger partial charge in [0.1, 0.15) is 5.82 Å². The van der Waals surface area contributed by atoms with Gasteiger partial charge in [-0.1, -0.05) is 315 Å². The standard InChI is InChI=1S/C95H60N2/c1-4-25-61(26-5-1)65-29-24-30-69(57-65)91-77-54-51-66(62-47-49-64(50-48-62)93-96-89-45-22-23-46-90(89)97(93)70-31-8-3-9-32-70)58-80(77)92(76-38-11-10-33-71(76)63-27-6-2-7-28-63)78-55-52-67(59-79(78)91)68-53-56-87-88(60-68)95(83-41-18-14-36-74(83)75-37-15-19-42-84(75)95)86-44-21-20-43-85(86)94(87)81-39-16-12-34-72(81)73-35-13-17-40-82(73)94/h1-60H. The van der Waals surface area contributed by atoms with Gasteiger partial charge in [0.15, 0.2) is 0 Å². The fourth-order valence-electron chi connectivity index (χ4n) is 17.5. The molecule has 2 nitrogen and oxygen atoms in total. The lowest BCUT2D eigenvalue weighted by Crippen LogP contribution is -2.43. The van der Waals surface area contributed by atoms with Gasteiger partial charge in [0.05, 0.1) is 21.9 Å². The van der Waals surface area contributed by atoms with Crippen LogP contribution in [0, 0.1) is 0 Å². The Hall–Kier alpha value is -12.5. The zero-order chi connectivity index (χ0) is 63.8. The van der Waals surface area contributed by atoms with Crippen LogP contribution >= 0.6 is 0 Å². The van der Waals surface area contributed by atoms with E-state index in [-0.39, 0.29) is 0 Å². The minimum absolute atomic E-state index is 0.586. The van der Waals surface area contributed by atoms with E-state index in [0.29, 0.717) is 0 Å². The van der Waals surface area contributed by atoms with Crippen LogP contribution in [0.1, 0.15) is 44.5 Å². The first-order valence-electron chi connectivity index (χ1n) is 33.7. The lowest BCUT2D eigenvalue weighted by atomic mass is 9.52. The van der Waals surface area contributed by atoms with Crippen LogP contribution in [-0.2, 0) is 10.8 Å². The monoisotopic (exact) mass is 1230 g/mol. The average molecular weight is 1230 g/mol. The molecule has 0 atom stereocenters. The second-order valence-electron chi connectivity index (χ2n) is 26.3. The zero-order valence-electron chi connectivity index (χ0n) is 53.0. The van der Waals surface area contributed by atoms with Gasteiger partial charge >= 0.3 is 0 Å². The van der Waals surface area contributed by atoms with E-state index in [4.69, 9.17) is 4.98 Å². The molecule has 97 heavy (non-hydrogen) atoms. The maximum Gasteiger partial charge on any atom is 0.145 e. The van der Waals surface area contributed by atoms with Crippen LogP contribution in [0.2, 0.25) is 0 Å². The molecule has 1 aromatic heterocycles. The molecule has 0 saturated carbocycles. The summed E-state index contributed by atoms with van der Waals surface area (Å²) in [6.07, 6.45) is 0. The van der Waals surface area contributed by atoms with Gasteiger partial charge in [-0.2, -0.15) is 0 Å². The number of imidazole rings is 1. The van der Waals surface area contributed by atoms with Gasteiger partial charge in [-0.15, -0.1) is 0 Å². The Balaban J connectivity index is 0.854. The van der Waals surface area contributed by atoms with Crippen molar-refractivity contribution in [1.82, 2.24) is 9.55 Å². The number of aromatic nitrogens is 2. The smallest absolute Gasteiger partial charge is 0.145 e. The van der Waals surface area contributed by atoms with E-state index in [9.17, 15) is 0 Å². The molecule has 0 N–H and O–H groups in total. The molecule has 0 bridgehead atoms. The number of nitrogens with zero attached hydrogens (tertiary/aromatic N) is 2. The van der Waals surface area contributed by atoms with E-state index < -0.39 is 10.8 Å². The number of para-hydroxylation sites is 3. The minimum atomic E-state index is -0.631. The maximum atomic E-state index is 5.25. The summed E-state index contributed by atoms with van der Waals surface area (Å²) in [4.78, 5) is 5.25. The van der Waals surface area contributed by atoms with E-state index in [2.05, 4.69) is 369 Å². The second kappa shape index (κ2) is 21.5. The van der Waals surface area contributed by atoms with Crippen LogP contribution in [0.15, 0.2) is 364 Å². The van der Waals surface area contributed by atoms with Crippen LogP contribution in [-0.4, -0.2) is 9.55 Å². The highest BCUT2D eigenvalue weighted by molar-refractivity contribution is 6.24. The summed E-state index contributed by atoms with van der Waals surface area (Å²) in [6, 6.07) is 137. The number of rotatable bonds is 8. The van der Waals surface area contributed by atoms with Crippen LogP contribution in [0.5, 0.6) is 0 Å². The van der Waals surface area contributed by atoms with E-state index in [1.54, 1.807) is 0 Å². The molecule has 17 aromatic rings. The van der Waals surface area contributed by atoms with E-state index in [0.717, 1.165) is 50.4 Å². The number of fused-ring (bicyclic) bond motifs is 19. The molecule has 16 aromatic carbocycles. The minimum Gasteiger partial charge on any atom is -0.292 e. The molecular formula is C95H60N2. The van der Waals surface area contributed by atoms with E-state index in [1.807, 2.05) is 0 Å². The fraction of sp³-hybridized carbons (Fsp3) is 0.0211. The summed E-state index contributed by atoms with van der Waals surface area (Å²) in [7, 11) is 0. The molecule has 0 unspecified atom stereocenters. The van der Waals surface area contributed by atoms with E-state index in [1.165, 1.54) is 133 Å². The Morgan fingerprint density at radius 1 is 0.206 bits per heavy atom. The molecular weight excluding hydrogens is 1170 g/mol. The lowest BCUT2D eigenvalue weighted by Gasteiger charge is -2.49. The molecule has 2 spiro atoms. The number of benzene rings is 16. The summed E-state index contributed by atoms with van der Waals surface area (Å²) < 4.78 is 2.28. The summed E-state index contributed by atoms with van der Waals surface area (Å²) in [5.41, 5.74) is 32.8. The second-order valence-corrected chi connectivity index (χ2v) is 26.3. The largest absolute Gasteiger partial charge is 0.292 e. The Kier molecular flexibility index (Phi) is 12.2. The van der Waals surface area contributed by atoms with Gasteiger partial charge in [0, 0.05) is 11.3 Å². The van der Waals surface area contributed by atoms with Crippen molar-refractivity contribution in [2.24, 2.45) is 0 Å². The third-order valence-electron chi connectivity index (χ3n) is 21.5. The molecule has 2 heteroatoms. The van der Waals surface area contributed by atoms with Crippen LogP contribution in [0.4, 0.5) is 0 Å². The SMILES string of the molecule is c1ccc(-c2cccc(-c3c4cc(-c5ccc6c(c5)C5(c7ccccc7-c7ccccc75)c5ccccc5C65c6ccccc6-c6ccccc65)ccc4c(-c4ccccc4-c4ccccc4)c4cc(-c5ccc(-c6nc7ccccc7n6-c6ccccc6)cc5)ccc34)c2)cc1. The highest BCUT2D eigenvalue weighted by Crippen LogP contribution is 2.68. The van der Waals surface area contributed by atoms with Crippen molar-refractivity contribution in [3.8, 4) is 106 Å². The van der Waals surface area contributed by atoms with Crippen molar-refractivity contribution in [3.05, 3.63) is 408 Å². The van der Waals surface area contributed by atoms with Gasteiger partial charge in [-0.3, -0.25) is 4.57 Å². The fourth-order valence-corrected chi connectivity index (χ4v) is 17.5. The van der Waals surface area contributed by atoms with Crippen molar-refractivity contribution in [2.45, 2.75) is 10.8 Å². The summed E-state index contributed by atoms with van der Waals surface area (Å²) in [6.45, 7) is 0. The van der Waals surface area contributed by atoms with Crippen molar-refractivity contribution >= 4 is 32.6 Å². The molecule has 1 heterocycles. The lowest BCUT2D eigenvalue weighted by molar-refractivity contribution is 0.633. The normalized spacial score (nSPS) is 13.3. The molecule has 0 radical (unpaired) electrons. The quantitative estimate of drug-likeness (QED) is 0.139. The van der Waals surface area contributed by atoms with Crippen molar-refractivity contribution < 1.29 is 0 Å². The number of hydrogen-bond acceptors (Lipinski definition) is 1. The van der Waals surface area contributed by atoms with Gasteiger partial charge in [0.2, 0.25) is 0 Å². The van der Waals surface area contributed by atoms with Gasteiger partial charge in [-0.05, 0) is 204 Å².